The summed E-state index contributed by atoms with van der Waals surface area (Å²) in [5, 5.41) is 3.10. The predicted molar refractivity (Wildman–Crippen MR) is 86.4 cm³/mol. The van der Waals surface area contributed by atoms with Gasteiger partial charge in [-0.2, -0.15) is 0 Å². The van der Waals surface area contributed by atoms with Gasteiger partial charge in [-0.3, -0.25) is 4.79 Å². The van der Waals surface area contributed by atoms with Crippen LogP contribution in [0.3, 0.4) is 0 Å². The van der Waals surface area contributed by atoms with Crippen molar-refractivity contribution in [3.63, 3.8) is 0 Å². The third kappa shape index (κ3) is 3.37. The molecule has 0 bridgehead atoms. The van der Waals surface area contributed by atoms with E-state index in [9.17, 15) is 13.6 Å². The summed E-state index contributed by atoms with van der Waals surface area (Å²) in [6.07, 6.45) is 3.42. The van der Waals surface area contributed by atoms with E-state index < -0.39 is 5.82 Å². The van der Waals surface area contributed by atoms with E-state index in [1.165, 1.54) is 18.2 Å². The number of carbonyl (C=O) groups excluding carboxylic acids is 1. The molecule has 23 heavy (non-hydrogen) atoms. The van der Waals surface area contributed by atoms with Crippen LogP contribution in [0.25, 0.3) is 12.2 Å². The van der Waals surface area contributed by atoms with Crippen molar-refractivity contribution in [2.24, 2.45) is 0 Å². The van der Waals surface area contributed by atoms with E-state index in [2.05, 4.69) is 5.32 Å². The molecule has 116 valence electrons. The molecule has 0 unspecified atom stereocenters. The summed E-state index contributed by atoms with van der Waals surface area (Å²) in [6.45, 7) is 0.480. The first-order valence-electron chi connectivity index (χ1n) is 7.35. The van der Waals surface area contributed by atoms with Crippen molar-refractivity contribution in [3.05, 3.63) is 82.6 Å². The topological polar surface area (TPSA) is 29.1 Å². The maximum atomic E-state index is 13.8. The summed E-state index contributed by atoms with van der Waals surface area (Å²) in [7, 11) is 0. The Morgan fingerprint density at radius 2 is 1.43 bits per heavy atom. The molecule has 1 aliphatic heterocycles. The lowest BCUT2D eigenvalue weighted by atomic mass is 9.96. The lowest BCUT2D eigenvalue weighted by Crippen LogP contribution is -2.28. The maximum Gasteiger partial charge on any atom is 0.166 e. The zero-order valence-electron chi connectivity index (χ0n) is 12.4. The molecular weight excluding hydrogens is 296 g/mol. The molecule has 1 saturated heterocycles. The monoisotopic (exact) mass is 311 g/mol. The Morgan fingerprint density at radius 1 is 0.870 bits per heavy atom. The molecule has 4 heteroatoms. The van der Waals surface area contributed by atoms with E-state index in [1.54, 1.807) is 42.5 Å². The average Bonchev–Trinajstić information content (AvgIpc) is 2.54. The van der Waals surface area contributed by atoms with Crippen LogP contribution in [0.2, 0.25) is 0 Å². The molecule has 2 aromatic carbocycles. The summed E-state index contributed by atoms with van der Waals surface area (Å²) >= 11 is 0. The third-order valence-corrected chi connectivity index (χ3v) is 3.67. The predicted octanol–water partition coefficient (Wildman–Crippen LogP) is 3.95. The minimum Gasteiger partial charge on any atom is -0.384 e. The van der Waals surface area contributed by atoms with Crippen molar-refractivity contribution < 1.29 is 13.6 Å². The second kappa shape index (κ2) is 6.57. The number of halogens is 2. The van der Waals surface area contributed by atoms with E-state index in [4.69, 9.17) is 0 Å². The molecular formula is C19H15F2NO. The van der Waals surface area contributed by atoms with Gasteiger partial charge in [0.2, 0.25) is 0 Å². The zero-order valence-corrected chi connectivity index (χ0v) is 12.4. The molecule has 3 rings (SSSR count). The molecule has 2 nitrogen and oxygen atoms in total. The molecule has 1 N–H and O–H groups in total. The number of carbonyl (C=O) groups is 1. The van der Waals surface area contributed by atoms with Gasteiger partial charge in [-0.05, 0) is 24.3 Å². The number of ketones is 1. The Hall–Kier alpha value is -2.75. The van der Waals surface area contributed by atoms with Gasteiger partial charge in [-0.1, -0.05) is 36.4 Å². The molecule has 0 spiro atoms. The molecule has 0 aliphatic carbocycles. The highest BCUT2D eigenvalue weighted by Gasteiger charge is 2.20. The van der Waals surface area contributed by atoms with E-state index in [-0.39, 0.29) is 11.6 Å². The van der Waals surface area contributed by atoms with Crippen LogP contribution in [-0.2, 0) is 4.79 Å². The van der Waals surface area contributed by atoms with Crippen molar-refractivity contribution in [2.45, 2.75) is 6.42 Å². The highest BCUT2D eigenvalue weighted by Crippen LogP contribution is 2.23. The molecule has 0 saturated carbocycles. The number of hydrogen-bond acceptors (Lipinski definition) is 2. The van der Waals surface area contributed by atoms with Gasteiger partial charge in [-0.15, -0.1) is 0 Å². The minimum atomic E-state index is -0.399. The van der Waals surface area contributed by atoms with Gasteiger partial charge in [-0.25, -0.2) is 8.78 Å². The molecule has 1 heterocycles. The number of piperidine rings is 1. The standard InChI is InChI=1S/C19H15F2NO/c20-16-7-3-1-5-13(16)11-15-18(22-10-9-19(15)23)12-14-6-2-4-8-17(14)21/h1-8,11-12,22H,9-10H2/b15-11+,18-12-. The average molecular weight is 311 g/mol. The summed E-state index contributed by atoms with van der Waals surface area (Å²) in [6, 6.07) is 12.6. The van der Waals surface area contributed by atoms with Crippen molar-refractivity contribution in [2.75, 3.05) is 6.54 Å². The van der Waals surface area contributed by atoms with Gasteiger partial charge in [0.25, 0.3) is 0 Å². The second-order valence-corrected chi connectivity index (χ2v) is 5.26. The normalized spacial score (nSPS) is 18.3. The molecule has 0 radical (unpaired) electrons. The van der Waals surface area contributed by atoms with Crippen LogP contribution >= 0.6 is 0 Å². The van der Waals surface area contributed by atoms with Gasteiger partial charge in [0.15, 0.2) is 5.78 Å². The van der Waals surface area contributed by atoms with Crippen molar-refractivity contribution in [1.82, 2.24) is 5.32 Å². The smallest absolute Gasteiger partial charge is 0.166 e. The number of allylic oxidation sites excluding steroid dienone is 1. The van der Waals surface area contributed by atoms with Crippen LogP contribution in [0.4, 0.5) is 8.78 Å². The number of nitrogens with one attached hydrogen (secondary N) is 1. The van der Waals surface area contributed by atoms with Crippen LogP contribution < -0.4 is 5.32 Å². The first-order chi connectivity index (χ1) is 11.1. The quantitative estimate of drug-likeness (QED) is 0.851. The van der Waals surface area contributed by atoms with Gasteiger partial charge < -0.3 is 5.32 Å². The van der Waals surface area contributed by atoms with Gasteiger partial charge in [0.1, 0.15) is 11.6 Å². The fraction of sp³-hybridized carbons (Fsp3) is 0.105. The highest BCUT2D eigenvalue weighted by molar-refractivity contribution is 6.05. The Kier molecular flexibility index (Phi) is 4.33. The Bertz CT molecular complexity index is 809. The third-order valence-electron chi connectivity index (χ3n) is 3.67. The molecule has 0 atom stereocenters. The summed E-state index contributed by atoms with van der Waals surface area (Å²) < 4.78 is 27.7. The van der Waals surface area contributed by atoms with Gasteiger partial charge in [0, 0.05) is 35.4 Å². The molecule has 0 amide bonds. The Balaban J connectivity index is 2.06. The minimum absolute atomic E-state index is 0.0883. The van der Waals surface area contributed by atoms with E-state index in [0.29, 0.717) is 35.4 Å². The van der Waals surface area contributed by atoms with E-state index >= 15 is 0 Å². The molecule has 2 aromatic rings. The lowest BCUT2D eigenvalue weighted by molar-refractivity contribution is -0.115. The first-order valence-corrected chi connectivity index (χ1v) is 7.35. The Labute approximate surface area is 133 Å². The SMILES string of the molecule is O=C1CCNC(=C\c2ccccc2F)/C1=C\c1ccccc1F. The Morgan fingerprint density at radius 3 is 2.04 bits per heavy atom. The van der Waals surface area contributed by atoms with Crippen LogP contribution in [0.15, 0.2) is 59.8 Å². The number of benzene rings is 2. The summed E-state index contributed by atoms with van der Waals surface area (Å²) in [5.74, 6) is -0.858. The number of Topliss-reactive ketones (excluding diaryl/α,β-unsaturated/α-hetero) is 1. The second-order valence-electron chi connectivity index (χ2n) is 5.26. The highest BCUT2D eigenvalue weighted by atomic mass is 19.1. The van der Waals surface area contributed by atoms with E-state index in [1.807, 2.05) is 0 Å². The van der Waals surface area contributed by atoms with Crippen LogP contribution in [0.1, 0.15) is 17.5 Å². The van der Waals surface area contributed by atoms with Crippen LogP contribution in [0.5, 0.6) is 0 Å². The lowest BCUT2D eigenvalue weighted by Gasteiger charge is -2.20. The first kappa shape index (κ1) is 15.2. The molecule has 1 fully saturated rings. The van der Waals surface area contributed by atoms with Crippen LogP contribution in [0, 0.1) is 11.6 Å². The van der Waals surface area contributed by atoms with E-state index in [0.717, 1.165) is 0 Å². The number of rotatable bonds is 2. The van der Waals surface area contributed by atoms with Crippen molar-refractivity contribution in [1.29, 1.82) is 0 Å². The molecule has 1 aliphatic rings. The fourth-order valence-electron chi connectivity index (χ4n) is 2.47. The maximum absolute atomic E-state index is 13.8. The number of hydrogen-bond donors (Lipinski definition) is 1. The molecule has 0 aromatic heterocycles. The summed E-state index contributed by atoms with van der Waals surface area (Å²) in [4.78, 5) is 12.2. The van der Waals surface area contributed by atoms with Crippen molar-refractivity contribution in [3.8, 4) is 0 Å². The van der Waals surface area contributed by atoms with Crippen molar-refractivity contribution >= 4 is 17.9 Å². The fourth-order valence-corrected chi connectivity index (χ4v) is 2.47. The van der Waals surface area contributed by atoms with Crippen LogP contribution in [-0.4, -0.2) is 12.3 Å². The van der Waals surface area contributed by atoms with Gasteiger partial charge >= 0.3 is 0 Å². The zero-order chi connectivity index (χ0) is 16.2. The largest absolute Gasteiger partial charge is 0.384 e. The van der Waals surface area contributed by atoms with Gasteiger partial charge in [0.05, 0.1) is 0 Å². The summed E-state index contributed by atoms with van der Waals surface area (Å²) in [5.41, 5.74) is 1.59.